The molecule has 2 aromatic heterocycles. The van der Waals surface area contributed by atoms with Crippen LogP contribution in [0.3, 0.4) is 0 Å². The number of carbonyl (C=O) groups excluding carboxylic acids is 16. The maximum atomic E-state index is 15.0. The zero-order chi connectivity index (χ0) is 95.3. The summed E-state index contributed by atoms with van der Waals surface area (Å²) >= 11 is 0. The lowest BCUT2D eigenvalue weighted by Crippen LogP contribution is -2.61. The van der Waals surface area contributed by atoms with Crippen LogP contribution in [-0.2, 0) is 96.0 Å². The molecule has 712 valence electrons. The van der Waals surface area contributed by atoms with Gasteiger partial charge in [-0.25, -0.2) is 4.98 Å². The number of hydrogen-bond acceptors (Lipinski definition) is 22. The minimum absolute atomic E-state index is 0.000887. The molecule has 128 heavy (non-hydrogen) atoms. The van der Waals surface area contributed by atoms with Gasteiger partial charge >= 0.3 is 0 Å². The van der Waals surface area contributed by atoms with Gasteiger partial charge in [0.1, 0.15) is 78.5 Å². The Bertz CT molecular complexity index is 4220. The van der Waals surface area contributed by atoms with Crippen molar-refractivity contribution in [3.05, 3.63) is 90.1 Å². The predicted molar refractivity (Wildman–Crippen MR) is 483 cm³/mol. The van der Waals surface area contributed by atoms with E-state index in [9.17, 15) is 71.9 Å². The molecule has 40 nitrogen and oxygen atoms in total. The van der Waals surface area contributed by atoms with Crippen molar-refractivity contribution >= 4 is 105 Å². The summed E-state index contributed by atoms with van der Waals surface area (Å²) in [7, 11) is 0. The van der Waals surface area contributed by atoms with Crippen molar-refractivity contribution in [1.82, 2.24) is 89.4 Å². The van der Waals surface area contributed by atoms with E-state index >= 15 is 4.79 Å². The highest BCUT2D eigenvalue weighted by molar-refractivity contribution is 6.01. The summed E-state index contributed by atoms with van der Waals surface area (Å²) in [4.78, 5) is 235. The molecule has 30 N–H and O–H groups in total. The van der Waals surface area contributed by atoms with Crippen LogP contribution in [0.2, 0.25) is 0 Å². The molecule has 40 heteroatoms. The zero-order valence-corrected chi connectivity index (χ0v) is 76.1. The maximum absolute atomic E-state index is 15.0. The quantitative estimate of drug-likeness (QED) is 0.0221. The van der Waals surface area contributed by atoms with Crippen molar-refractivity contribution < 1.29 is 76.7 Å². The molecule has 16 amide bonds. The number of para-hydroxylation sites is 1. The molecule has 4 rings (SSSR count). The lowest BCUT2D eigenvalue weighted by molar-refractivity contribution is -0.136. The third kappa shape index (κ3) is 39.0. The number of benzene rings is 2. The standard InChI is InChI=1S/C88H144N24O16/c1-12-53(10)74(87(127)98-47-72(114)100-54(11)76(116)111-73(52(8)9)88(128)110-66(40-51(6)7)82(122)108-69(43-57-46-96-48-99-57)85(125)109-70(44-71(94)113)86(126)104-64(75(95)115)38-49(2)3)112-80(120)63(33-21-25-37-92)101-78(118)61(31-19-23-35-90)102-83(123)67(41-55-26-14-13-15-27-55)107-81(121)65(39-50(4)5)106-79(119)62(32-20-24-36-91)103-84(124)68(105-77(117)59(93)29-18-22-34-89)42-56-45-97-60-30-17-16-28-58(56)60/h13-17,26-28,30,45-46,48-54,59,61-70,73-74,97H,12,18-25,29,31-44,47,89-93H2,1-11H3,(H2,94,113)(H2,95,115)(H,96,99)(H,98,127)(H,100,114)(H,101,118)(H,102,123)(H,103,124)(H,104,126)(H,105,117)(H,106,119)(H,107,121)(H,108,122)(H,109,125)(H,110,128)(H,111,116)(H,112,120)/t53-,54-,59-,61-,62-,63-,64-,65-,66-,67-,68-,69-,70-,73-,74-/m0/s1. The lowest BCUT2D eigenvalue weighted by Gasteiger charge is -2.29. The van der Waals surface area contributed by atoms with E-state index in [0.717, 1.165) is 10.9 Å². The first-order valence-electron chi connectivity index (χ1n) is 44.7. The fourth-order valence-corrected chi connectivity index (χ4v) is 14.2. The monoisotopic (exact) mass is 1790 g/mol. The summed E-state index contributed by atoms with van der Waals surface area (Å²) < 4.78 is 0. The molecule has 2 aromatic carbocycles. The summed E-state index contributed by atoms with van der Waals surface area (Å²) in [6.07, 6.45) is 7.83. The fourth-order valence-electron chi connectivity index (χ4n) is 14.2. The number of hydrogen-bond donors (Lipinski definition) is 23. The van der Waals surface area contributed by atoms with Crippen LogP contribution in [0.1, 0.15) is 202 Å². The van der Waals surface area contributed by atoms with Gasteiger partial charge in [0.15, 0.2) is 0 Å². The predicted octanol–water partition coefficient (Wildman–Crippen LogP) is -1.60. The largest absolute Gasteiger partial charge is 0.370 e. The van der Waals surface area contributed by atoms with Gasteiger partial charge in [0.05, 0.1) is 25.3 Å². The van der Waals surface area contributed by atoms with E-state index in [1.54, 1.807) is 91.9 Å². The third-order valence-corrected chi connectivity index (χ3v) is 21.6. The van der Waals surface area contributed by atoms with Crippen molar-refractivity contribution in [2.75, 3.05) is 32.7 Å². The van der Waals surface area contributed by atoms with Crippen LogP contribution in [0.25, 0.3) is 10.9 Å². The number of nitrogens with one attached hydrogen (secondary N) is 16. The van der Waals surface area contributed by atoms with E-state index < -0.39 is 204 Å². The Hall–Kier alpha value is -11.5. The minimum Gasteiger partial charge on any atom is -0.370 e. The normalized spacial score (nSPS) is 14.9. The van der Waals surface area contributed by atoms with Gasteiger partial charge in [0.25, 0.3) is 0 Å². The molecule has 0 spiro atoms. The van der Waals surface area contributed by atoms with E-state index in [0.29, 0.717) is 87.6 Å². The molecule has 0 radical (unpaired) electrons. The van der Waals surface area contributed by atoms with Crippen LogP contribution in [-0.4, -0.2) is 227 Å². The number of nitrogens with zero attached hydrogens (tertiary/aromatic N) is 1. The van der Waals surface area contributed by atoms with Crippen molar-refractivity contribution in [3.63, 3.8) is 0 Å². The molecule has 0 aliphatic heterocycles. The maximum Gasteiger partial charge on any atom is 0.243 e. The number of carbonyl (C=O) groups is 16. The van der Waals surface area contributed by atoms with E-state index in [2.05, 4.69) is 89.4 Å². The van der Waals surface area contributed by atoms with Gasteiger partial charge in [-0.1, -0.05) is 131 Å². The van der Waals surface area contributed by atoms with Crippen LogP contribution in [0, 0.1) is 29.6 Å². The molecule has 0 aliphatic carbocycles. The number of H-pyrrole nitrogens is 2. The zero-order valence-electron chi connectivity index (χ0n) is 76.1. The summed E-state index contributed by atoms with van der Waals surface area (Å²) in [6, 6.07) is -2.30. The highest BCUT2D eigenvalue weighted by atomic mass is 16.2. The Morgan fingerprint density at radius 1 is 0.391 bits per heavy atom. The van der Waals surface area contributed by atoms with E-state index in [1.165, 1.54) is 19.4 Å². The van der Waals surface area contributed by atoms with Gasteiger partial charge in [0, 0.05) is 48.3 Å². The number of nitrogens with two attached hydrogens (primary N) is 7. The first kappa shape index (κ1) is 109. The minimum atomic E-state index is -1.62. The average Bonchev–Trinajstić information content (AvgIpc) is 1.67. The van der Waals surface area contributed by atoms with Gasteiger partial charge in [-0.3, -0.25) is 76.7 Å². The molecule has 15 atom stereocenters. The number of aromatic amines is 2. The average molecular weight is 1790 g/mol. The SMILES string of the molecule is CC[C@H](C)[C@H](NC(=O)[C@H](CCCCN)NC(=O)[C@H](CCCCN)NC(=O)[C@H](Cc1ccccc1)NC(=O)[C@H](CC(C)C)NC(=O)[C@H](CCCCN)NC(=O)[C@H](Cc1c[nH]c2ccccc12)NC(=O)[C@@H](N)CCCCN)C(=O)NCC(=O)N[C@@H](C)C(=O)N[C@H](C(=O)N[C@@H](CC(C)C)C(=O)N[C@@H](Cc1cnc[nH]1)C(=O)N[C@@H](CC(N)=O)C(=O)N[C@@H](CC(C)C)C(N)=O)C(C)C. The number of amides is 16. The van der Waals surface area contributed by atoms with Gasteiger partial charge in [-0.2, -0.15) is 0 Å². The summed E-state index contributed by atoms with van der Waals surface area (Å²) in [5.74, 6) is -15.0. The first-order valence-corrected chi connectivity index (χ1v) is 44.7. The van der Waals surface area contributed by atoms with Crippen LogP contribution >= 0.6 is 0 Å². The molecule has 2 heterocycles. The number of rotatable bonds is 62. The molecular formula is C88H144N24O16. The molecule has 0 fully saturated rings. The Morgan fingerprint density at radius 2 is 0.797 bits per heavy atom. The highest BCUT2D eigenvalue weighted by Gasteiger charge is 2.39. The smallest absolute Gasteiger partial charge is 0.243 e. The lowest BCUT2D eigenvalue weighted by atomic mass is 9.97. The molecule has 0 bridgehead atoms. The van der Waals surface area contributed by atoms with Crippen molar-refractivity contribution in [2.24, 2.45) is 69.7 Å². The second-order valence-corrected chi connectivity index (χ2v) is 34.5. The van der Waals surface area contributed by atoms with Gasteiger partial charge < -0.3 is 125 Å². The fraction of sp³-hybridized carbons (Fsp3) is 0.625. The Morgan fingerprint density at radius 3 is 1.27 bits per heavy atom. The molecule has 0 saturated heterocycles. The van der Waals surface area contributed by atoms with Crippen LogP contribution in [0.5, 0.6) is 0 Å². The number of imidazole rings is 1. The molecule has 4 aromatic rings. The van der Waals surface area contributed by atoms with Crippen molar-refractivity contribution in [1.29, 1.82) is 0 Å². The number of aromatic nitrogens is 3. The molecule has 0 saturated carbocycles. The van der Waals surface area contributed by atoms with Gasteiger partial charge in [0.2, 0.25) is 94.5 Å². The topological polar surface area (TPSA) is 668 Å². The summed E-state index contributed by atoms with van der Waals surface area (Å²) in [5, 5.41) is 38.5. The first-order chi connectivity index (χ1) is 60.7. The third-order valence-electron chi connectivity index (χ3n) is 21.6. The number of unbranched alkanes of at least 4 members (excludes halogenated alkanes) is 4. The molecule has 0 unspecified atom stereocenters. The Kier molecular flexibility index (Phi) is 48.8. The number of fused-ring (bicyclic) bond motifs is 1. The van der Waals surface area contributed by atoms with E-state index in [-0.39, 0.29) is 95.2 Å². The summed E-state index contributed by atoms with van der Waals surface area (Å²) in [5.41, 5.74) is 43.3. The van der Waals surface area contributed by atoms with Crippen molar-refractivity contribution in [2.45, 2.75) is 289 Å². The molecule has 0 aliphatic rings. The van der Waals surface area contributed by atoms with Crippen molar-refractivity contribution in [3.8, 4) is 0 Å². The van der Waals surface area contributed by atoms with E-state index in [1.807, 2.05) is 38.1 Å². The molecular weight excluding hydrogens is 1650 g/mol. The summed E-state index contributed by atoms with van der Waals surface area (Å²) in [6.45, 7) is 19.2. The van der Waals surface area contributed by atoms with Crippen LogP contribution in [0.15, 0.2) is 73.3 Å². The number of primary amides is 2. The van der Waals surface area contributed by atoms with Gasteiger partial charge in [-0.15, -0.1) is 0 Å². The second-order valence-electron chi connectivity index (χ2n) is 34.5. The Balaban J connectivity index is 1.53. The Labute approximate surface area is 749 Å². The highest BCUT2D eigenvalue weighted by Crippen LogP contribution is 2.22. The van der Waals surface area contributed by atoms with E-state index in [4.69, 9.17) is 40.1 Å². The second kappa shape index (κ2) is 57.4. The van der Waals surface area contributed by atoms with Crippen LogP contribution in [0.4, 0.5) is 0 Å². The van der Waals surface area contributed by atoms with Gasteiger partial charge in [-0.05, 0) is 170 Å². The van der Waals surface area contributed by atoms with Crippen LogP contribution < -0.4 is 115 Å².